The number of imidazole rings is 1. The number of likely N-dealkylation sites (tertiary alicyclic amines) is 1. The second-order valence-electron chi connectivity index (χ2n) is 6.95. The molecule has 1 N–H and O–H groups in total. The SMILES string of the molecule is Cc1ncc(-c2cc(Cl)cc3ncn(CCCN4CCCC(O)C4)c23)s1. The fourth-order valence-corrected chi connectivity index (χ4v) is 4.72. The quantitative estimate of drug-likeness (QED) is 0.716. The van der Waals surface area contributed by atoms with E-state index in [0.29, 0.717) is 5.02 Å². The molecule has 3 aromatic rings. The number of piperidine rings is 1. The minimum Gasteiger partial charge on any atom is -0.392 e. The maximum atomic E-state index is 9.82. The maximum absolute atomic E-state index is 9.82. The average molecular weight is 391 g/mol. The number of rotatable bonds is 5. The van der Waals surface area contributed by atoms with Crippen LogP contribution < -0.4 is 0 Å². The van der Waals surface area contributed by atoms with E-state index >= 15 is 0 Å². The molecule has 26 heavy (non-hydrogen) atoms. The molecule has 0 aliphatic carbocycles. The van der Waals surface area contributed by atoms with Crippen molar-refractivity contribution in [2.24, 2.45) is 0 Å². The lowest BCUT2D eigenvalue weighted by Crippen LogP contribution is -2.38. The highest BCUT2D eigenvalue weighted by Crippen LogP contribution is 2.34. The van der Waals surface area contributed by atoms with Crippen LogP contribution in [0.3, 0.4) is 0 Å². The van der Waals surface area contributed by atoms with E-state index in [2.05, 4.69) is 19.4 Å². The van der Waals surface area contributed by atoms with Crippen LogP contribution in [-0.4, -0.2) is 50.3 Å². The Morgan fingerprint density at radius 3 is 2.96 bits per heavy atom. The van der Waals surface area contributed by atoms with E-state index < -0.39 is 0 Å². The number of benzene rings is 1. The van der Waals surface area contributed by atoms with Crippen molar-refractivity contribution in [3.05, 3.63) is 34.7 Å². The predicted octanol–water partition coefficient (Wildman–Crippen LogP) is 3.97. The van der Waals surface area contributed by atoms with Crippen LogP contribution in [-0.2, 0) is 6.54 Å². The van der Waals surface area contributed by atoms with Gasteiger partial charge in [-0.25, -0.2) is 9.97 Å². The summed E-state index contributed by atoms with van der Waals surface area (Å²) >= 11 is 7.99. The highest BCUT2D eigenvalue weighted by Gasteiger charge is 2.18. The molecule has 1 aliphatic rings. The summed E-state index contributed by atoms with van der Waals surface area (Å²) in [5.41, 5.74) is 3.15. The van der Waals surface area contributed by atoms with Crippen molar-refractivity contribution in [1.29, 1.82) is 0 Å². The zero-order valence-corrected chi connectivity index (χ0v) is 16.4. The molecule has 0 amide bonds. The molecule has 2 aromatic heterocycles. The summed E-state index contributed by atoms with van der Waals surface area (Å²) in [6.45, 7) is 5.80. The van der Waals surface area contributed by atoms with Gasteiger partial charge in [0.05, 0.1) is 33.3 Å². The van der Waals surface area contributed by atoms with Gasteiger partial charge in [0.15, 0.2) is 0 Å². The van der Waals surface area contributed by atoms with Gasteiger partial charge in [0.2, 0.25) is 0 Å². The molecule has 1 saturated heterocycles. The third kappa shape index (κ3) is 3.78. The minimum absolute atomic E-state index is 0.166. The van der Waals surface area contributed by atoms with Gasteiger partial charge in [0.25, 0.3) is 0 Å². The van der Waals surface area contributed by atoms with E-state index in [-0.39, 0.29) is 6.10 Å². The molecule has 3 heterocycles. The zero-order chi connectivity index (χ0) is 18.1. The van der Waals surface area contributed by atoms with E-state index in [1.165, 1.54) is 0 Å². The van der Waals surface area contributed by atoms with Crippen molar-refractivity contribution in [3.63, 3.8) is 0 Å². The Labute approximate surface area is 162 Å². The maximum Gasteiger partial charge on any atom is 0.0958 e. The Bertz CT molecular complexity index is 906. The van der Waals surface area contributed by atoms with Gasteiger partial charge in [-0.05, 0) is 51.4 Å². The average Bonchev–Trinajstić information content (AvgIpc) is 3.21. The number of hydrogen-bond acceptors (Lipinski definition) is 5. The monoisotopic (exact) mass is 390 g/mol. The first-order valence-electron chi connectivity index (χ1n) is 9.08. The number of hydrogen-bond donors (Lipinski definition) is 1. The molecule has 0 bridgehead atoms. The second-order valence-corrected chi connectivity index (χ2v) is 8.62. The lowest BCUT2D eigenvalue weighted by atomic mass is 10.1. The van der Waals surface area contributed by atoms with Crippen LogP contribution in [0.1, 0.15) is 24.3 Å². The van der Waals surface area contributed by atoms with Gasteiger partial charge in [-0.2, -0.15) is 0 Å². The molecule has 4 rings (SSSR count). The Kier molecular flexibility index (Phi) is 5.27. The lowest BCUT2D eigenvalue weighted by molar-refractivity contribution is 0.0696. The highest BCUT2D eigenvalue weighted by atomic mass is 35.5. The molecule has 1 aliphatic heterocycles. The van der Waals surface area contributed by atoms with Gasteiger partial charge in [0, 0.05) is 29.9 Å². The van der Waals surface area contributed by atoms with Crippen LogP contribution >= 0.6 is 22.9 Å². The molecule has 1 aromatic carbocycles. The molecule has 138 valence electrons. The smallest absolute Gasteiger partial charge is 0.0958 e. The summed E-state index contributed by atoms with van der Waals surface area (Å²) in [5.74, 6) is 0. The summed E-state index contributed by atoms with van der Waals surface area (Å²) in [6.07, 6.45) is 6.70. The van der Waals surface area contributed by atoms with Crippen molar-refractivity contribution in [2.45, 2.75) is 38.8 Å². The molecule has 5 nitrogen and oxygen atoms in total. The Morgan fingerprint density at radius 1 is 1.31 bits per heavy atom. The molecule has 1 fully saturated rings. The fourth-order valence-electron chi connectivity index (χ4n) is 3.72. The normalized spacial score (nSPS) is 18.7. The number of fused-ring (bicyclic) bond motifs is 1. The first-order valence-corrected chi connectivity index (χ1v) is 10.3. The number of aromatic nitrogens is 3. The molecule has 0 spiro atoms. The zero-order valence-electron chi connectivity index (χ0n) is 14.9. The van der Waals surface area contributed by atoms with E-state index in [0.717, 1.165) is 71.9 Å². The van der Waals surface area contributed by atoms with Gasteiger partial charge >= 0.3 is 0 Å². The van der Waals surface area contributed by atoms with Crippen LogP contribution in [0.25, 0.3) is 21.5 Å². The Balaban J connectivity index is 1.56. The lowest BCUT2D eigenvalue weighted by Gasteiger charge is -2.29. The molecule has 7 heteroatoms. The first kappa shape index (κ1) is 17.9. The van der Waals surface area contributed by atoms with Crippen molar-refractivity contribution in [2.75, 3.05) is 19.6 Å². The Hall–Kier alpha value is -1.47. The number of aliphatic hydroxyl groups excluding tert-OH is 1. The number of thiazole rings is 1. The second kappa shape index (κ2) is 7.64. The molecule has 1 unspecified atom stereocenters. The van der Waals surface area contributed by atoms with Crippen LogP contribution in [0, 0.1) is 6.92 Å². The summed E-state index contributed by atoms with van der Waals surface area (Å²) in [4.78, 5) is 12.4. The number of β-amino-alcohol motifs (C(OH)–C–C–N with tert-alkyl or cyclic N) is 1. The molecular formula is C19H23ClN4OS. The number of halogens is 1. The van der Waals surface area contributed by atoms with E-state index in [1.807, 2.05) is 31.6 Å². The number of nitrogens with zero attached hydrogens (tertiary/aromatic N) is 4. The molecule has 0 saturated carbocycles. The van der Waals surface area contributed by atoms with Crippen molar-refractivity contribution in [1.82, 2.24) is 19.4 Å². The van der Waals surface area contributed by atoms with Gasteiger partial charge in [-0.1, -0.05) is 11.6 Å². The van der Waals surface area contributed by atoms with Gasteiger partial charge in [0.1, 0.15) is 0 Å². The summed E-state index contributed by atoms with van der Waals surface area (Å²) in [7, 11) is 0. The molecule has 0 radical (unpaired) electrons. The molecule has 1 atom stereocenters. The third-order valence-electron chi connectivity index (χ3n) is 4.92. The van der Waals surface area contributed by atoms with Crippen molar-refractivity contribution < 1.29 is 5.11 Å². The summed E-state index contributed by atoms with van der Waals surface area (Å²) in [6, 6.07) is 3.93. The predicted molar refractivity (Wildman–Crippen MR) is 107 cm³/mol. The summed E-state index contributed by atoms with van der Waals surface area (Å²) < 4.78 is 2.22. The van der Waals surface area contributed by atoms with Gasteiger partial charge in [-0.15, -0.1) is 11.3 Å². The van der Waals surface area contributed by atoms with E-state index in [9.17, 15) is 5.11 Å². The van der Waals surface area contributed by atoms with Gasteiger partial charge < -0.3 is 14.6 Å². The van der Waals surface area contributed by atoms with Crippen LogP contribution in [0.15, 0.2) is 24.7 Å². The first-order chi connectivity index (χ1) is 12.6. The number of aliphatic hydroxyl groups is 1. The molecular weight excluding hydrogens is 368 g/mol. The third-order valence-corrected chi connectivity index (χ3v) is 6.08. The standard InChI is InChI=1S/C19H23ClN4OS/c1-13-21-10-18(26-13)16-8-14(20)9-17-19(16)24(12-22-17)7-3-6-23-5-2-4-15(25)11-23/h8-10,12,15,25H,2-7,11H2,1H3. The highest BCUT2D eigenvalue weighted by molar-refractivity contribution is 7.15. The Morgan fingerprint density at radius 2 is 2.19 bits per heavy atom. The number of aryl methyl sites for hydroxylation is 2. The van der Waals surface area contributed by atoms with Crippen molar-refractivity contribution >= 4 is 34.0 Å². The van der Waals surface area contributed by atoms with Gasteiger partial charge in [-0.3, -0.25) is 0 Å². The van der Waals surface area contributed by atoms with E-state index in [1.54, 1.807) is 11.3 Å². The fraction of sp³-hybridized carbons (Fsp3) is 0.474. The van der Waals surface area contributed by atoms with Crippen LogP contribution in [0.4, 0.5) is 0 Å². The van der Waals surface area contributed by atoms with Crippen LogP contribution in [0.2, 0.25) is 5.02 Å². The van der Waals surface area contributed by atoms with Crippen molar-refractivity contribution in [3.8, 4) is 10.4 Å². The minimum atomic E-state index is -0.166. The van der Waals surface area contributed by atoms with Crippen LogP contribution in [0.5, 0.6) is 0 Å². The summed E-state index contributed by atoms with van der Waals surface area (Å²) in [5, 5.41) is 11.6. The van der Waals surface area contributed by atoms with E-state index in [4.69, 9.17) is 11.6 Å². The largest absolute Gasteiger partial charge is 0.392 e. The topological polar surface area (TPSA) is 54.2 Å².